The van der Waals surface area contributed by atoms with Gasteiger partial charge in [0.05, 0.1) is 0 Å². The molecule has 2 aromatic rings. The molecule has 0 aliphatic heterocycles. The highest BCUT2D eigenvalue weighted by Crippen LogP contribution is 2.18. The molecular formula is C19H23NO2. The average molecular weight is 297 g/mol. The van der Waals surface area contributed by atoms with Gasteiger partial charge in [-0.05, 0) is 42.2 Å². The molecule has 0 fully saturated rings. The Morgan fingerprint density at radius 2 is 1.68 bits per heavy atom. The zero-order valence-electron chi connectivity index (χ0n) is 13.4. The zero-order valence-corrected chi connectivity index (χ0v) is 13.4. The Morgan fingerprint density at radius 1 is 1.05 bits per heavy atom. The number of carbonyl (C=O) groups is 1. The van der Waals surface area contributed by atoms with Crippen LogP contribution in [0.5, 0.6) is 5.75 Å². The van der Waals surface area contributed by atoms with Crippen molar-refractivity contribution in [1.29, 1.82) is 0 Å². The summed E-state index contributed by atoms with van der Waals surface area (Å²) < 4.78 is 5.75. The van der Waals surface area contributed by atoms with Crippen LogP contribution in [0.25, 0.3) is 0 Å². The highest BCUT2D eigenvalue weighted by molar-refractivity contribution is 5.94. The van der Waals surface area contributed by atoms with E-state index in [9.17, 15) is 4.79 Å². The van der Waals surface area contributed by atoms with Crippen molar-refractivity contribution in [2.75, 3.05) is 5.32 Å². The first kappa shape index (κ1) is 16.1. The van der Waals surface area contributed by atoms with Gasteiger partial charge in [0.25, 0.3) is 5.91 Å². The van der Waals surface area contributed by atoms with Crippen molar-refractivity contribution in [3.05, 3.63) is 60.2 Å². The fourth-order valence-corrected chi connectivity index (χ4v) is 2.16. The fourth-order valence-electron chi connectivity index (χ4n) is 2.16. The number of hydrogen-bond acceptors (Lipinski definition) is 2. The van der Waals surface area contributed by atoms with E-state index in [2.05, 4.69) is 19.2 Å². The number of hydrogen-bond donors (Lipinski definition) is 1. The third-order valence-electron chi connectivity index (χ3n) is 3.53. The van der Waals surface area contributed by atoms with Crippen LogP contribution in [0.4, 0.5) is 5.69 Å². The molecule has 0 aliphatic carbocycles. The Bertz CT molecular complexity index is 591. The van der Waals surface area contributed by atoms with Crippen LogP contribution in [0.2, 0.25) is 0 Å². The summed E-state index contributed by atoms with van der Waals surface area (Å²) in [7, 11) is 0. The monoisotopic (exact) mass is 297 g/mol. The van der Waals surface area contributed by atoms with Gasteiger partial charge in [-0.25, -0.2) is 0 Å². The van der Waals surface area contributed by atoms with E-state index in [1.165, 1.54) is 5.56 Å². The Labute approximate surface area is 132 Å². The third kappa shape index (κ3) is 4.35. The molecule has 2 aromatic carbocycles. The molecule has 0 radical (unpaired) electrons. The van der Waals surface area contributed by atoms with Crippen molar-refractivity contribution in [1.82, 2.24) is 0 Å². The predicted molar refractivity (Wildman–Crippen MR) is 90.3 cm³/mol. The minimum atomic E-state index is -0.493. The molecule has 0 unspecified atom stereocenters. The predicted octanol–water partition coefficient (Wildman–Crippen LogP) is 4.61. The molecule has 3 heteroatoms. The maximum atomic E-state index is 12.3. The van der Waals surface area contributed by atoms with Crippen molar-refractivity contribution in [2.45, 2.75) is 39.2 Å². The van der Waals surface area contributed by atoms with Gasteiger partial charge in [-0.15, -0.1) is 0 Å². The molecule has 3 nitrogen and oxygen atoms in total. The first-order valence-corrected chi connectivity index (χ1v) is 7.72. The van der Waals surface area contributed by atoms with E-state index in [0.717, 1.165) is 5.69 Å². The molecule has 1 N–H and O–H groups in total. The Morgan fingerprint density at radius 3 is 2.23 bits per heavy atom. The minimum absolute atomic E-state index is 0.122. The van der Waals surface area contributed by atoms with Crippen molar-refractivity contribution >= 4 is 11.6 Å². The largest absolute Gasteiger partial charge is 0.481 e. The third-order valence-corrected chi connectivity index (χ3v) is 3.53. The Balaban J connectivity index is 2.00. The first-order chi connectivity index (χ1) is 10.6. The summed E-state index contributed by atoms with van der Waals surface area (Å²) in [4.78, 5) is 12.3. The highest BCUT2D eigenvalue weighted by atomic mass is 16.5. The lowest BCUT2D eigenvalue weighted by atomic mass is 10.0. The molecule has 0 aliphatic rings. The normalized spacial score (nSPS) is 12.0. The van der Waals surface area contributed by atoms with Crippen molar-refractivity contribution < 1.29 is 9.53 Å². The molecule has 0 saturated carbocycles. The molecule has 0 spiro atoms. The van der Waals surface area contributed by atoms with Gasteiger partial charge in [0, 0.05) is 5.69 Å². The maximum absolute atomic E-state index is 12.3. The van der Waals surface area contributed by atoms with Crippen molar-refractivity contribution in [2.24, 2.45) is 0 Å². The van der Waals surface area contributed by atoms with Gasteiger partial charge in [0.2, 0.25) is 0 Å². The van der Waals surface area contributed by atoms with E-state index >= 15 is 0 Å². The van der Waals surface area contributed by atoms with E-state index < -0.39 is 6.10 Å². The second-order valence-corrected chi connectivity index (χ2v) is 5.59. The number of para-hydroxylation sites is 1. The average Bonchev–Trinajstić information content (AvgIpc) is 2.54. The fraction of sp³-hybridized carbons (Fsp3) is 0.316. The van der Waals surface area contributed by atoms with Crippen LogP contribution in [0, 0.1) is 0 Å². The lowest BCUT2D eigenvalue weighted by Crippen LogP contribution is -2.32. The van der Waals surface area contributed by atoms with Crippen LogP contribution in [0.15, 0.2) is 54.6 Å². The van der Waals surface area contributed by atoms with E-state index in [1.807, 2.05) is 61.5 Å². The van der Waals surface area contributed by atoms with Crippen molar-refractivity contribution in [3.8, 4) is 5.75 Å². The Hall–Kier alpha value is -2.29. The van der Waals surface area contributed by atoms with Gasteiger partial charge in [-0.1, -0.05) is 51.1 Å². The number of benzene rings is 2. The Kier molecular flexibility index (Phi) is 5.59. The second-order valence-electron chi connectivity index (χ2n) is 5.59. The van der Waals surface area contributed by atoms with E-state index in [1.54, 1.807) is 0 Å². The first-order valence-electron chi connectivity index (χ1n) is 7.72. The van der Waals surface area contributed by atoms with E-state index in [-0.39, 0.29) is 5.91 Å². The van der Waals surface area contributed by atoms with Gasteiger partial charge < -0.3 is 10.1 Å². The van der Waals surface area contributed by atoms with E-state index in [0.29, 0.717) is 18.1 Å². The molecule has 0 saturated heterocycles. The quantitative estimate of drug-likeness (QED) is 0.845. The zero-order chi connectivity index (χ0) is 15.9. The summed E-state index contributed by atoms with van der Waals surface area (Å²) in [5.74, 6) is 1.07. The summed E-state index contributed by atoms with van der Waals surface area (Å²) in [5.41, 5.74) is 2.05. The molecule has 22 heavy (non-hydrogen) atoms. The topological polar surface area (TPSA) is 38.3 Å². The van der Waals surface area contributed by atoms with Gasteiger partial charge in [0.1, 0.15) is 5.75 Å². The van der Waals surface area contributed by atoms with Crippen LogP contribution in [-0.2, 0) is 4.79 Å². The number of rotatable bonds is 6. The summed E-state index contributed by atoms with van der Waals surface area (Å²) in [5, 5.41) is 2.92. The lowest BCUT2D eigenvalue weighted by Gasteiger charge is -2.17. The minimum Gasteiger partial charge on any atom is -0.481 e. The lowest BCUT2D eigenvalue weighted by molar-refractivity contribution is -0.122. The highest BCUT2D eigenvalue weighted by Gasteiger charge is 2.18. The summed E-state index contributed by atoms with van der Waals surface area (Å²) in [6.07, 6.45) is 0.123. The van der Waals surface area contributed by atoms with Gasteiger partial charge in [0.15, 0.2) is 6.10 Å². The number of carbonyl (C=O) groups excluding carboxylic acids is 1. The molecule has 0 heterocycles. The molecule has 0 bridgehead atoms. The summed E-state index contributed by atoms with van der Waals surface area (Å²) in [6.45, 7) is 6.23. The molecular weight excluding hydrogens is 274 g/mol. The van der Waals surface area contributed by atoms with Gasteiger partial charge in [-0.3, -0.25) is 4.79 Å². The van der Waals surface area contributed by atoms with Crippen LogP contribution < -0.4 is 10.1 Å². The number of ether oxygens (including phenoxy) is 1. The van der Waals surface area contributed by atoms with Crippen LogP contribution in [0.1, 0.15) is 38.7 Å². The van der Waals surface area contributed by atoms with Gasteiger partial charge >= 0.3 is 0 Å². The summed E-state index contributed by atoms with van der Waals surface area (Å²) >= 11 is 0. The summed E-state index contributed by atoms with van der Waals surface area (Å²) in [6, 6.07) is 17.4. The second kappa shape index (κ2) is 7.64. The molecule has 0 aromatic heterocycles. The molecule has 1 atom stereocenters. The molecule has 2 rings (SSSR count). The van der Waals surface area contributed by atoms with Crippen LogP contribution >= 0.6 is 0 Å². The van der Waals surface area contributed by atoms with E-state index in [4.69, 9.17) is 4.74 Å². The van der Waals surface area contributed by atoms with Crippen LogP contribution in [0.3, 0.4) is 0 Å². The van der Waals surface area contributed by atoms with Crippen LogP contribution in [-0.4, -0.2) is 12.0 Å². The number of nitrogens with one attached hydrogen (secondary N) is 1. The standard InChI is InChI=1S/C19H23NO2/c1-4-18(22-17-8-6-5-7-9-17)19(21)20-16-12-10-15(11-13-16)14(2)3/h5-14,18H,4H2,1-3H3,(H,20,21)/t18-/m0/s1. The maximum Gasteiger partial charge on any atom is 0.265 e. The molecule has 116 valence electrons. The molecule has 1 amide bonds. The number of amides is 1. The van der Waals surface area contributed by atoms with Crippen molar-refractivity contribution in [3.63, 3.8) is 0 Å². The smallest absolute Gasteiger partial charge is 0.265 e. The SMILES string of the molecule is CC[C@H](Oc1ccccc1)C(=O)Nc1ccc(C(C)C)cc1. The number of anilines is 1. The van der Waals surface area contributed by atoms with Gasteiger partial charge in [-0.2, -0.15) is 0 Å².